The largest absolute Gasteiger partial charge is 0.310 e. The van der Waals surface area contributed by atoms with Crippen molar-refractivity contribution >= 4 is 10.0 Å². The quantitative estimate of drug-likeness (QED) is 0.775. The van der Waals surface area contributed by atoms with E-state index in [9.17, 15) is 12.8 Å². The fraction of sp³-hybridized carbons (Fsp3) is 0.600. The average molecular weight is 316 g/mol. The van der Waals surface area contributed by atoms with Gasteiger partial charge in [0.1, 0.15) is 10.7 Å². The third-order valence-electron chi connectivity index (χ3n) is 3.32. The van der Waals surface area contributed by atoms with Gasteiger partial charge in [-0.15, -0.1) is 0 Å². The molecule has 1 aromatic rings. The zero-order chi connectivity index (χ0) is 16.0. The lowest BCUT2D eigenvalue weighted by Crippen LogP contribution is -2.29. The van der Waals surface area contributed by atoms with Crippen molar-refractivity contribution in [3.8, 4) is 0 Å². The number of rotatable bonds is 8. The highest BCUT2D eigenvalue weighted by atomic mass is 32.2. The summed E-state index contributed by atoms with van der Waals surface area (Å²) in [5, 5.41) is 3.18. The van der Waals surface area contributed by atoms with Crippen molar-refractivity contribution in [2.45, 2.75) is 51.6 Å². The Morgan fingerprint density at radius 1 is 1.24 bits per heavy atom. The van der Waals surface area contributed by atoms with Crippen LogP contribution in [0.5, 0.6) is 0 Å². The van der Waals surface area contributed by atoms with Gasteiger partial charge in [-0.2, -0.15) is 0 Å². The Morgan fingerprint density at radius 3 is 2.48 bits per heavy atom. The molecule has 0 saturated carbocycles. The SMILES string of the molecule is CCC(C)CNS(=O)(=O)c1cc(CNC(C)C)ccc1F. The Morgan fingerprint density at radius 2 is 1.90 bits per heavy atom. The van der Waals surface area contributed by atoms with Gasteiger partial charge in [-0.3, -0.25) is 0 Å². The molecule has 21 heavy (non-hydrogen) atoms. The molecular weight excluding hydrogens is 291 g/mol. The Hall–Kier alpha value is -0.980. The molecule has 0 aliphatic carbocycles. The molecule has 0 bridgehead atoms. The van der Waals surface area contributed by atoms with Crippen molar-refractivity contribution in [2.24, 2.45) is 5.92 Å². The first-order chi connectivity index (χ1) is 9.76. The molecule has 120 valence electrons. The molecule has 0 aliphatic heterocycles. The highest BCUT2D eigenvalue weighted by Gasteiger charge is 2.20. The number of benzene rings is 1. The van der Waals surface area contributed by atoms with Crippen molar-refractivity contribution in [1.29, 1.82) is 0 Å². The second kappa shape index (κ2) is 7.87. The highest BCUT2D eigenvalue weighted by molar-refractivity contribution is 7.89. The van der Waals surface area contributed by atoms with Crippen molar-refractivity contribution in [3.63, 3.8) is 0 Å². The summed E-state index contributed by atoms with van der Waals surface area (Å²) in [6, 6.07) is 4.47. The van der Waals surface area contributed by atoms with E-state index in [1.54, 1.807) is 6.07 Å². The molecule has 1 unspecified atom stereocenters. The molecule has 0 heterocycles. The number of hydrogen-bond acceptors (Lipinski definition) is 3. The topological polar surface area (TPSA) is 58.2 Å². The van der Waals surface area contributed by atoms with Crippen LogP contribution in [0.25, 0.3) is 0 Å². The van der Waals surface area contributed by atoms with E-state index in [2.05, 4.69) is 10.0 Å². The van der Waals surface area contributed by atoms with E-state index in [-0.39, 0.29) is 16.9 Å². The molecule has 0 aliphatic rings. The minimum Gasteiger partial charge on any atom is -0.310 e. The van der Waals surface area contributed by atoms with Crippen LogP contribution in [0.15, 0.2) is 23.1 Å². The van der Waals surface area contributed by atoms with E-state index >= 15 is 0 Å². The molecule has 1 rings (SSSR count). The minimum absolute atomic E-state index is 0.216. The summed E-state index contributed by atoms with van der Waals surface area (Å²) >= 11 is 0. The van der Waals surface area contributed by atoms with Crippen LogP contribution in [0.2, 0.25) is 0 Å². The predicted octanol–water partition coefficient (Wildman–Crippen LogP) is 2.65. The van der Waals surface area contributed by atoms with Gasteiger partial charge < -0.3 is 5.32 Å². The van der Waals surface area contributed by atoms with Crippen LogP contribution in [-0.2, 0) is 16.6 Å². The van der Waals surface area contributed by atoms with Gasteiger partial charge in [-0.1, -0.05) is 40.2 Å². The smallest absolute Gasteiger partial charge is 0.243 e. The molecule has 0 fully saturated rings. The molecule has 1 atom stereocenters. The van der Waals surface area contributed by atoms with E-state index in [1.165, 1.54) is 12.1 Å². The first kappa shape index (κ1) is 18.1. The fourth-order valence-electron chi connectivity index (χ4n) is 1.66. The molecule has 6 heteroatoms. The fourth-order valence-corrected chi connectivity index (χ4v) is 2.95. The molecular formula is C15H25FN2O2S. The first-order valence-corrected chi connectivity index (χ1v) is 8.76. The molecule has 1 aromatic carbocycles. The van der Waals surface area contributed by atoms with Crippen LogP contribution >= 0.6 is 0 Å². The van der Waals surface area contributed by atoms with Gasteiger partial charge in [-0.25, -0.2) is 17.5 Å². The Kier molecular flexibility index (Phi) is 6.77. The summed E-state index contributed by atoms with van der Waals surface area (Å²) in [5.74, 6) is -0.506. The van der Waals surface area contributed by atoms with E-state index < -0.39 is 15.8 Å². The molecule has 0 amide bonds. The molecule has 2 N–H and O–H groups in total. The molecule has 0 radical (unpaired) electrons. The van der Waals surface area contributed by atoms with Crippen LogP contribution in [0.4, 0.5) is 4.39 Å². The van der Waals surface area contributed by atoms with Crippen molar-refractivity contribution in [1.82, 2.24) is 10.0 Å². The van der Waals surface area contributed by atoms with Crippen LogP contribution in [0.3, 0.4) is 0 Å². The van der Waals surface area contributed by atoms with Gasteiger partial charge in [0.05, 0.1) is 0 Å². The maximum absolute atomic E-state index is 13.8. The third-order valence-corrected chi connectivity index (χ3v) is 4.76. The lowest BCUT2D eigenvalue weighted by Gasteiger charge is -2.13. The van der Waals surface area contributed by atoms with Gasteiger partial charge in [0.25, 0.3) is 0 Å². The van der Waals surface area contributed by atoms with Gasteiger partial charge in [0.2, 0.25) is 10.0 Å². The molecule has 4 nitrogen and oxygen atoms in total. The van der Waals surface area contributed by atoms with Crippen molar-refractivity contribution in [3.05, 3.63) is 29.6 Å². The van der Waals surface area contributed by atoms with Gasteiger partial charge in [-0.05, 0) is 23.6 Å². The van der Waals surface area contributed by atoms with Crippen molar-refractivity contribution < 1.29 is 12.8 Å². The summed E-state index contributed by atoms with van der Waals surface area (Å²) in [6.45, 7) is 8.74. The Balaban J connectivity index is 2.91. The Labute approximate surface area is 127 Å². The summed E-state index contributed by atoms with van der Waals surface area (Å²) in [4.78, 5) is -0.283. The number of sulfonamides is 1. The monoisotopic (exact) mass is 316 g/mol. The zero-order valence-electron chi connectivity index (χ0n) is 13.1. The Bertz CT molecular complexity index is 559. The van der Waals surface area contributed by atoms with Gasteiger partial charge in [0, 0.05) is 19.1 Å². The molecule has 0 aromatic heterocycles. The summed E-state index contributed by atoms with van der Waals surface area (Å²) < 4.78 is 40.7. The molecule has 0 spiro atoms. The minimum atomic E-state index is -3.81. The first-order valence-electron chi connectivity index (χ1n) is 7.27. The van der Waals surface area contributed by atoms with Crippen LogP contribution in [-0.4, -0.2) is 21.0 Å². The van der Waals surface area contributed by atoms with E-state index in [0.717, 1.165) is 12.0 Å². The predicted molar refractivity (Wildman–Crippen MR) is 83.0 cm³/mol. The number of nitrogens with one attached hydrogen (secondary N) is 2. The van der Waals surface area contributed by atoms with Crippen molar-refractivity contribution in [2.75, 3.05) is 6.54 Å². The standard InChI is InChI=1S/C15H25FN2O2S/c1-5-12(4)9-18-21(19,20)15-8-13(6-7-14(15)16)10-17-11(2)3/h6-8,11-12,17-18H,5,9-10H2,1-4H3. The van der Waals surface area contributed by atoms with Gasteiger partial charge in [0.15, 0.2) is 0 Å². The molecule has 0 saturated heterocycles. The van der Waals surface area contributed by atoms with Gasteiger partial charge >= 0.3 is 0 Å². The van der Waals surface area contributed by atoms with Crippen LogP contribution in [0, 0.1) is 11.7 Å². The van der Waals surface area contributed by atoms with E-state index in [1.807, 2.05) is 27.7 Å². The maximum Gasteiger partial charge on any atom is 0.243 e. The third kappa shape index (κ3) is 5.73. The van der Waals surface area contributed by atoms with Crippen LogP contribution in [0.1, 0.15) is 39.7 Å². The average Bonchev–Trinajstić information content (AvgIpc) is 2.43. The number of hydrogen-bond donors (Lipinski definition) is 2. The highest BCUT2D eigenvalue weighted by Crippen LogP contribution is 2.17. The van der Waals surface area contributed by atoms with E-state index in [4.69, 9.17) is 0 Å². The van der Waals surface area contributed by atoms with Crippen LogP contribution < -0.4 is 10.0 Å². The summed E-state index contributed by atoms with van der Waals surface area (Å²) in [6.07, 6.45) is 0.864. The summed E-state index contributed by atoms with van der Waals surface area (Å²) in [7, 11) is -3.81. The summed E-state index contributed by atoms with van der Waals surface area (Å²) in [5.41, 5.74) is 0.744. The van der Waals surface area contributed by atoms with E-state index in [0.29, 0.717) is 13.1 Å². The lowest BCUT2D eigenvalue weighted by molar-refractivity contribution is 0.520. The number of halogens is 1. The normalized spacial score (nSPS) is 13.6. The zero-order valence-corrected chi connectivity index (χ0v) is 13.9. The second-order valence-electron chi connectivity index (χ2n) is 5.67. The second-order valence-corrected chi connectivity index (χ2v) is 7.40. The lowest BCUT2D eigenvalue weighted by atomic mass is 10.1. The maximum atomic E-state index is 13.8.